The predicted molar refractivity (Wildman–Crippen MR) is 92.1 cm³/mol. The molecule has 1 heterocycles. The molecule has 7 heteroatoms. The van der Waals surface area contributed by atoms with Crippen LogP contribution >= 0.6 is 23.4 Å². The number of nitrogens with zero attached hydrogens (tertiary/aromatic N) is 1. The van der Waals surface area contributed by atoms with Gasteiger partial charge in [-0.25, -0.2) is 8.42 Å². The molecule has 0 amide bonds. The molecule has 0 aliphatic carbocycles. The standard InChI is InChI=1S/C14H21ClN2O2S2/c1-2-21(18,19)14-10-20-9-8-17(14)13-5-3-4-12(15)11(13)6-7-16/h3-5,14H,2,6-10,16H2,1H3. The molecule has 0 spiro atoms. The second-order valence-corrected chi connectivity index (χ2v) is 8.95. The van der Waals surface area contributed by atoms with E-state index in [1.54, 1.807) is 18.7 Å². The maximum atomic E-state index is 12.4. The fraction of sp³-hybridized carbons (Fsp3) is 0.571. The Kier molecular flexibility index (Phi) is 5.82. The molecule has 1 saturated heterocycles. The van der Waals surface area contributed by atoms with Gasteiger partial charge in [0.2, 0.25) is 0 Å². The molecule has 1 aliphatic rings. The monoisotopic (exact) mass is 348 g/mol. The first kappa shape index (κ1) is 16.9. The number of nitrogens with two attached hydrogens (primary N) is 1. The Morgan fingerprint density at radius 3 is 2.90 bits per heavy atom. The highest BCUT2D eigenvalue weighted by molar-refractivity contribution is 8.01. The number of thioether (sulfide) groups is 1. The van der Waals surface area contributed by atoms with Gasteiger partial charge < -0.3 is 10.6 Å². The largest absolute Gasteiger partial charge is 0.353 e. The Balaban J connectivity index is 2.45. The van der Waals surface area contributed by atoms with Gasteiger partial charge in [0.05, 0.1) is 0 Å². The van der Waals surface area contributed by atoms with Gasteiger partial charge in [-0.15, -0.1) is 0 Å². The van der Waals surface area contributed by atoms with Gasteiger partial charge in [0, 0.05) is 34.5 Å². The first-order chi connectivity index (χ1) is 10.0. The Morgan fingerprint density at radius 1 is 1.48 bits per heavy atom. The molecule has 0 aromatic heterocycles. The van der Waals surface area contributed by atoms with Gasteiger partial charge in [0.15, 0.2) is 9.84 Å². The third kappa shape index (κ3) is 3.67. The van der Waals surface area contributed by atoms with Gasteiger partial charge in [-0.3, -0.25) is 0 Å². The van der Waals surface area contributed by atoms with Crippen LogP contribution in [-0.2, 0) is 16.3 Å². The molecule has 1 aromatic carbocycles. The number of halogens is 1. The molecular formula is C14H21ClN2O2S2. The number of sulfone groups is 1. The summed E-state index contributed by atoms with van der Waals surface area (Å²) < 4.78 is 24.8. The van der Waals surface area contributed by atoms with Crippen LogP contribution in [0.2, 0.25) is 5.02 Å². The van der Waals surface area contributed by atoms with Crippen LogP contribution in [0, 0.1) is 0 Å². The first-order valence-corrected chi connectivity index (χ1v) is 10.3. The van der Waals surface area contributed by atoms with E-state index in [1.165, 1.54) is 0 Å². The van der Waals surface area contributed by atoms with E-state index in [9.17, 15) is 8.42 Å². The summed E-state index contributed by atoms with van der Waals surface area (Å²) in [6.45, 7) is 2.91. The third-order valence-electron chi connectivity index (χ3n) is 3.70. The van der Waals surface area contributed by atoms with Crippen LogP contribution in [-0.4, -0.2) is 44.1 Å². The van der Waals surface area contributed by atoms with Gasteiger partial charge in [-0.1, -0.05) is 24.6 Å². The van der Waals surface area contributed by atoms with Crippen molar-refractivity contribution < 1.29 is 8.42 Å². The quantitative estimate of drug-likeness (QED) is 0.883. The third-order valence-corrected chi connectivity index (χ3v) is 7.34. The molecule has 1 atom stereocenters. The van der Waals surface area contributed by atoms with Crippen LogP contribution in [0.5, 0.6) is 0 Å². The van der Waals surface area contributed by atoms with Crippen molar-refractivity contribution in [2.75, 3.05) is 35.2 Å². The Bertz CT molecular complexity index is 593. The molecule has 21 heavy (non-hydrogen) atoms. The van der Waals surface area contributed by atoms with Crippen molar-refractivity contribution in [1.82, 2.24) is 0 Å². The molecule has 2 rings (SSSR count). The van der Waals surface area contributed by atoms with Crippen molar-refractivity contribution in [3.05, 3.63) is 28.8 Å². The smallest absolute Gasteiger partial charge is 0.171 e. The Labute approximate surface area is 135 Å². The lowest BCUT2D eigenvalue weighted by atomic mass is 10.1. The molecule has 118 valence electrons. The molecule has 2 N–H and O–H groups in total. The highest BCUT2D eigenvalue weighted by atomic mass is 35.5. The topological polar surface area (TPSA) is 63.4 Å². The summed E-state index contributed by atoms with van der Waals surface area (Å²) in [5.41, 5.74) is 7.54. The van der Waals surface area contributed by atoms with Crippen molar-refractivity contribution in [2.45, 2.75) is 18.7 Å². The summed E-state index contributed by atoms with van der Waals surface area (Å²) in [7, 11) is -3.13. The summed E-state index contributed by atoms with van der Waals surface area (Å²) in [5, 5.41) is 0.181. The summed E-state index contributed by atoms with van der Waals surface area (Å²) in [6.07, 6.45) is 0.650. The molecule has 0 saturated carbocycles. The van der Waals surface area contributed by atoms with E-state index in [1.807, 2.05) is 23.1 Å². The van der Waals surface area contributed by atoms with Gasteiger partial charge in [-0.05, 0) is 30.7 Å². The molecule has 1 fully saturated rings. The Hall–Kier alpha value is -0.430. The molecule has 1 unspecified atom stereocenters. The number of anilines is 1. The fourth-order valence-electron chi connectivity index (χ4n) is 2.55. The minimum absolute atomic E-state index is 0.154. The van der Waals surface area contributed by atoms with Crippen molar-refractivity contribution in [3.63, 3.8) is 0 Å². The van der Waals surface area contributed by atoms with Crippen LogP contribution in [0.25, 0.3) is 0 Å². The summed E-state index contributed by atoms with van der Waals surface area (Å²) in [6, 6.07) is 5.65. The maximum absolute atomic E-state index is 12.4. The van der Waals surface area contributed by atoms with Crippen LogP contribution < -0.4 is 10.6 Å². The van der Waals surface area contributed by atoms with E-state index in [2.05, 4.69) is 0 Å². The normalized spacial score (nSPS) is 19.8. The average Bonchev–Trinajstić information content (AvgIpc) is 2.49. The molecule has 1 aromatic rings. The number of hydrogen-bond acceptors (Lipinski definition) is 5. The lowest BCUT2D eigenvalue weighted by Gasteiger charge is -2.37. The minimum Gasteiger partial charge on any atom is -0.353 e. The zero-order valence-electron chi connectivity index (χ0n) is 12.1. The number of hydrogen-bond donors (Lipinski definition) is 1. The Morgan fingerprint density at radius 2 is 2.24 bits per heavy atom. The van der Waals surface area contributed by atoms with Crippen molar-refractivity contribution in [3.8, 4) is 0 Å². The van der Waals surface area contributed by atoms with Gasteiger partial charge in [0.1, 0.15) is 5.37 Å². The van der Waals surface area contributed by atoms with Crippen molar-refractivity contribution >= 4 is 38.9 Å². The van der Waals surface area contributed by atoms with Crippen LogP contribution in [0.4, 0.5) is 5.69 Å². The summed E-state index contributed by atoms with van der Waals surface area (Å²) in [4.78, 5) is 1.99. The predicted octanol–water partition coefficient (Wildman–Crippen LogP) is 2.16. The second-order valence-electron chi connectivity index (χ2n) is 4.95. The van der Waals surface area contributed by atoms with Crippen LogP contribution in [0.3, 0.4) is 0 Å². The lowest BCUT2D eigenvalue weighted by molar-refractivity contribution is 0.579. The average molecular weight is 349 g/mol. The number of benzene rings is 1. The van der Waals surface area contributed by atoms with Gasteiger partial charge in [0.25, 0.3) is 0 Å². The van der Waals surface area contributed by atoms with E-state index >= 15 is 0 Å². The number of rotatable bonds is 5. The van der Waals surface area contributed by atoms with E-state index in [-0.39, 0.29) is 5.75 Å². The molecule has 0 radical (unpaired) electrons. The highest BCUT2D eigenvalue weighted by Crippen LogP contribution is 2.33. The van der Waals surface area contributed by atoms with E-state index in [0.29, 0.717) is 30.3 Å². The van der Waals surface area contributed by atoms with Crippen molar-refractivity contribution in [1.29, 1.82) is 0 Å². The minimum atomic E-state index is -3.13. The molecular weight excluding hydrogens is 328 g/mol. The SMILES string of the molecule is CCS(=O)(=O)C1CSCCN1c1cccc(Cl)c1CCN. The van der Waals surface area contributed by atoms with Crippen LogP contribution in [0.15, 0.2) is 18.2 Å². The molecule has 1 aliphatic heterocycles. The zero-order chi connectivity index (χ0) is 15.5. The van der Waals surface area contributed by atoms with Gasteiger partial charge in [-0.2, -0.15) is 11.8 Å². The second kappa shape index (κ2) is 7.22. The zero-order valence-corrected chi connectivity index (χ0v) is 14.5. The van der Waals surface area contributed by atoms with Crippen molar-refractivity contribution in [2.24, 2.45) is 5.73 Å². The van der Waals surface area contributed by atoms with Crippen LogP contribution in [0.1, 0.15) is 12.5 Å². The maximum Gasteiger partial charge on any atom is 0.171 e. The summed E-state index contributed by atoms with van der Waals surface area (Å²) >= 11 is 7.97. The van der Waals surface area contributed by atoms with Gasteiger partial charge >= 0.3 is 0 Å². The van der Waals surface area contributed by atoms with E-state index < -0.39 is 15.2 Å². The fourth-order valence-corrected chi connectivity index (χ4v) is 5.80. The first-order valence-electron chi connectivity index (χ1n) is 7.04. The molecule has 4 nitrogen and oxygen atoms in total. The summed E-state index contributed by atoms with van der Waals surface area (Å²) in [5.74, 6) is 1.68. The lowest BCUT2D eigenvalue weighted by Crippen LogP contribution is -2.48. The highest BCUT2D eigenvalue weighted by Gasteiger charge is 2.34. The van der Waals surface area contributed by atoms with E-state index in [0.717, 1.165) is 17.0 Å². The van der Waals surface area contributed by atoms with E-state index in [4.69, 9.17) is 17.3 Å². The molecule has 0 bridgehead atoms.